The number of nitrogens with one attached hydrogen (secondary N) is 1. The van der Waals surface area contributed by atoms with Gasteiger partial charge in [-0.15, -0.1) is 0 Å². The second-order valence-corrected chi connectivity index (χ2v) is 9.98. The zero-order chi connectivity index (χ0) is 24.6. The fraction of sp³-hybridized carbons (Fsp3) is 0.560. The van der Waals surface area contributed by atoms with Gasteiger partial charge in [-0.25, -0.2) is 4.79 Å². The number of aliphatic hydroxyl groups excluding tert-OH is 1. The first-order valence-electron chi connectivity index (χ1n) is 12.0. The van der Waals surface area contributed by atoms with Crippen LogP contribution in [0.2, 0.25) is 0 Å². The Balaban J connectivity index is 1.45. The number of hydrogen-bond donors (Lipinski definition) is 3. The van der Waals surface area contributed by atoms with Crippen molar-refractivity contribution in [2.24, 2.45) is 5.73 Å². The van der Waals surface area contributed by atoms with Crippen molar-refractivity contribution in [3.8, 4) is 0 Å². The number of rotatable bonds is 7. The number of aliphatic hydroxyl groups is 1. The second kappa shape index (κ2) is 9.76. The molecule has 2 aromatic rings. The molecule has 1 aromatic heterocycles. The highest BCUT2D eigenvalue weighted by atomic mass is 16.3. The number of likely N-dealkylation sites (N-methyl/N-ethyl adjacent to an activating group) is 1. The Morgan fingerprint density at radius 3 is 2.47 bits per heavy atom. The molecule has 2 saturated heterocycles. The van der Waals surface area contributed by atoms with Gasteiger partial charge in [-0.05, 0) is 57.0 Å². The molecule has 2 unspecified atom stereocenters. The molecule has 4 N–H and O–H groups in total. The van der Waals surface area contributed by atoms with E-state index in [0.29, 0.717) is 6.54 Å². The first-order valence-corrected chi connectivity index (χ1v) is 12.0. The number of primary amides is 1. The summed E-state index contributed by atoms with van der Waals surface area (Å²) in [4.78, 5) is 41.2. The number of benzene rings is 1. The van der Waals surface area contributed by atoms with Gasteiger partial charge in [0.15, 0.2) is 0 Å². The average molecular weight is 470 g/mol. The van der Waals surface area contributed by atoms with Crippen LogP contribution in [0.1, 0.15) is 55.9 Å². The molecule has 34 heavy (non-hydrogen) atoms. The zero-order valence-corrected chi connectivity index (χ0v) is 20.1. The largest absolute Gasteiger partial charge is 0.390 e. The Bertz CT molecular complexity index is 1120. The van der Waals surface area contributed by atoms with Gasteiger partial charge in [0.05, 0.1) is 11.6 Å². The summed E-state index contributed by atoms with van der Waals surface area (Å²) in [5, 5.41) is 14.4. The number of carbonyl (C=O) groups is 2. The van der Waals surface area contributed by atoms with Crippen molar-refractivity contribution in [2.75, 3.05) is 20.1 Å². The number of amides is 3. The Hall–Kier alpha value is -2.91. The van der Waals surface area contributed by atoms with E-state index in [4.69, 9.17) is 5.73 Å². The molecule has 4 atom stereocenters. The number of aromatic nitrogens is 1. The number of nitrogens with zero attached hydrogens (tertiary/aromatic N) is 3. The minimum absolute atomic E-state index is 0.0231. The molecule has 0 aliphatic carbocycles. The summed E-state index contributed by atoms with van der Waals surface area (Å²) in [6.45, 7) is 4.55. The number of para-hydroxylation sites is 1. The summed E-state index contributed by atoms with van der Waals surface area (Å²) in [7, 11) is 1.57. The molecule has 9 nitrogen and oxygen atoms in total. The van der Waals surface area contributed by atoms with Gasteiger partial charge < -0.3 is 25.6 Å². The van der Waals surface area contributed by atoms with E-state index in [0.717, 1.165) is 36.6 Å². The number of fused-ring (bicyclic) bond motifs is 3. The highest BCUT2D eigenvalue weighted by Gasteiger charge is 2.42. The number of urea groups is 1. The van der Waals surface area contributed by atoms with Gasteiger partial charge in [-0.3, -0.25) is 14.5 Å². The van der Waals surface area contributed by atoms with Crippen LogP contribution in [0.4, 0.5) is 4.79 Å². The third-order valence-corrected chi connectivity index (χ3v) is 7.21. The summed E-state index contributed by atoms with van der Waals surface area (Å²) in [6.07, 6.45) is 2.87. The van der Waals surface area contributed by atoms with Crippen molar-refractivity contribution in [3.63, 3.8) is 0 Å². The van der Waals surface area contributed by atoms with Gasteiger partial charge in [-0.2, -0.15) is 0 Å². The van der Waals surface area contributed by atoms with Gasteiger partial charge in [-0.1, -0.05) is 18.2 Å². The molecular formula is C25H35N5O4. The van der Waals surface area contributed by atoms with Gasteiger partial charge in [0.1, 0.15) is 5.56 Å². The second-order valence-electron chi connectivity index (χ2n) is 9.98. The molecule has 0 spiro atoms. The molecule has 2 aliphatic heterocycles. The van der Waals surface area contributed by atoms with Gasteiger partial charge >= 0.3 is 6.03 Å². The molecule has 4 rings (SSSR count). The van der Waals surface area contributed by atoms with E-state index in [1.165, 1.54) is 4.90 Å². The van der Waals surface area contributed by atoms with Crippen LogP contribution in [0.15, 0.2) is 35.1 Å². The summed E-state index contributed by atoms with van der Waals surface area (Å²) in [5.41, 5.74) is 5.99. The highest BCUT2D eigenvalue weighted by Crippen LogP contribution is 2.36. The third kappa shape index (κ3) is 4.81. The SMILES string of the molecule is CC(C)n1c(=O)c(C(=O)NC2C[C@H]3CC[C@@H](C2)N3CC(O)CN(C)C(N)=O)cc2ccccc21. The van der Waals surface area contributed by atoms with Crippen LogP contribution in [0.3, 0.4) is 0 Å². The lowest BCUT2D eigenvalue weighted by Gasteiger charge is -2.40. The smallest absolute Gasteiger partial charge is 0.314 e. The molecule has 9 heteroatoms. The molecule has 0 radical (unpaired) electrons. The lowest BCUT2D eigenvalue weighted by Crippen LogP contribution is -2.53. The van der Waals surface area contributed by atoms with Crippen LogP contribution in [-0.4, -0.2) is 75.8 Å². The zero-order valence-electron chi connectivity index (χ0n) is 20.1. The van der Waals surface area contributed by atoms with E-state index in [9.17, 15) is 19.5 Å². The highest BCUT2D eigenvalue weighted by molar-refractivity contribution is 5.97. The van der Waals surface area contributed by atoms with Gasteiger partial charge in [0, 0.05) is 44.3 Å². The lowest BCUT2D eigenvalue weighted by molar-refractivity contribution is 0.0413. The number of hydrogen-bond acceptors (Lipinski definition) is 5. The number of carbonyl (C=O) groups excluding carboxylic acids is 2. The first-order chi connectivity index (χ1) is 16.2. The van der Waals surface area contributed by atoms with Crippen LogP contribution in [0, 0.1) is 0 Å². The minimum atomic E-state index is -0.682. The summed E-state index contributed by atoms with van der Waals surface area (Å²) < 4.78 is 1.68. The third-order valence-electron chi connectivity index (χ3n) is 7.21. The number of nitrogens with two attached hydrogens (primary N) is 1. The van der Waals surface area contributed by atoms with Crippen LogP contribution in [0.5, 0.6) is 0 Å². The van der Waals surface area contributed by atoms with Gasteiger partial charge in [0.2, 0.25) is 0 Å². The maximum Gasteiger partial charge on any atom is 0.314 e. The van der Waals surface area contributed by atoms with Crippen molar-refractivity contribution in [1.29, 1.82) is 0 Å². The fourth-order valence-electron chi connectivity index (χ4n) is 5.62. The van der Waals surface area contributed by atoms with E-state index < -0.39 is 12.1 Å². The standard InChI is InChI=1S/C25H35N5O4/c1-15(2)30-22-7-5-4-6-16(22)10-21(24(30)33)23(32)27-17-11-18-8-9-19(12-17)29(18)14-20(31)13-28(3)25(26)34/h4-7,10,15,17-20,31H,8-9,11-14H2,1-3H3,(H2,26,34)(H,27,32)/t17?,18-,19+,20?. The molecule has 2 aliphatic rings. The van der Waals surface area contributed by atoms with Crippen LogP contribution >= 0.6 is 0 Å². The molecule has 2 fully saturated rings. The fourth-order valence-corrected chi connectivity index (χ4v) is 5.62. The van der Waals surface area contributed by atoms with E-state index in [1.54, 1.807) is 17.7 Å². The molecule has 0 saturated carbocycles. The quantitative estimate of drug-likeness (QED) is 0.570. The first kappa shape index (κ1) is 24.2. The van der Waals surface area contributed by atoms with Crippen molar-refractivity contribution in [3.05, 3.63) is 46.2 Å². The molecule has 3 amide bonds. The maximum atomic E-state index is 13.2. The van der Waals surface area contributed by atoms with E-state index in [-0.39, 0.29) is 47.7 Å². The normalized spacial score (nSPS) is 23.3. The Morgan fingerprint density at radius 2 is 1.85 bits per heavy atom. The van der Waals surface area contributed by atoms with E-state index in [1.807, 2.05) is 38.1 Å². The Labute approximate surface area is 199 Å². The summed E-state index contributed by atoms with van der Waals surface area (Å²) >= 11 is 0. The number of piperidine rings is 1. The van der Waals surface area contributed by atoms with Crippen molar-refractivity contribution in [1.82, 2.24) is 19.7 Å². The predicted octanol–water partition coefficient (Wildman–Crippen LogP) is 1.68. The summed E-state index contributed by atoms with van der Waals surface area (Å²) in [6, 6.07) is 9.17. The van der Waals surface area contributed by atoms with Gasteiger partial charge in [0.25, 0.3) is 11.5 Å². The van der Waals surface area contributed by atoms with Crippen LogP contribution in [0.25, 0.3) is 10.9 Å². The topological polar surface area (TPSA) is 121 Å². The summed E-state index contributed by atoms with van der Waals surface area (Å²) in [5.74, 6) is -0.328. The van der Waals surface area contributed by atoms with Crippen LogP contribution in [-0.2, 0) is 0 Å². The molecule has 184 valence electrons. The van der Waals surface area contributed by atoms with Crippen molar-refractivity contribution >= 4 is 22.8 Å². The number of pyridine rings is 1. The van der Waals surface area contributed by atoms with Crippen molar-refractivity contribution < 1.29 is 14.7 Å². The van der Waals surface area contributed by atoms with Crippen LogP contribution < -0.4 is 16.6 Å². The minimum Gasteiger partial charge on any atom is -0.390 e. The lowest BCUT2D eigenvalue weighted by atomic mass is 9.96. The monoisotopic (exact) mass is 469 g/mol. The van der Waals surface area contributed by atoms with E-state index in [2.05, 4.69) is 10.2 Å². The molecule has 1 aromatic carbocycles. The molecular weight excluding hydrogens is 434 g/mol. The maximum absolute atomic E-state index is 13.2. The average Bonchev–Trinajstić information content (AvgIpc) is 3.00. The Morgan fingerprint density at radius 1 is 1.21 bits per heavy atom. The predicted molar refractivity (Wildman–Crippen MR) is 131 cm³/mol. The van der Waals surface area contributed by atoms with Crippen molar-refractivity contribution in [2.45, 2.75) is 69.8 Å². The van der Waals surface area contributed by atoms with E-state index >= 15 is 0 Å². The molecule has 3 heterocycles. The molecule has 2 bridgehead atoms. The Kier molecular flexibility index (Phi) is 6.95.